The summed E-state index contributed by atoms with van der Waals surface area (Å²) in [6, 6.07) is 3.69. The van der Waals surface area contributed by atoms with E-state index in [4.69, 9.17) is 0 Å². The molecule has 5 unspecified atom stereocenters. The normalized spacial score (nSPS) is 33.1. The molecule has 0 aliphatic heterocycles. The molecule has 0 aromatic heterocycles. The van der Waals surface area contributed by atoms with Crippen LogP contribution in [0.5, 0.6) is 5.75 Å². The summed E-state index contributed by atoms with van der Waals surface area (Å²) in [5.74, 6) is -5.19. The first-order valence-corrected chi connectivity index (χ1v) is 12.5. The van der Waals surface area contributed by atoms with Crippen molar-refractivity contribution in [1.29, 1.82) is 0 Å². The van der Waals surface area contributed by atoms with Crippen molar-refractivity contribution < 1.29 is 34.8 Å². The third-order valence-corrected chi connectivity index (χ3v) is 8.92. The van der Waals surface area contributed by atoms with Crippen molar-refractivity contribution in [2.45, 2.75) is 76.9 Å². The quantitative estimate of drug-likeness (QED) is 0.385. The molecule has 2 fully saturated rings. The molecule has 4 aliphatic carbocycles. The number of phenolic OH excluding ortho intramolecular Hbond substituents is 1. The average molecular weight is 481 g/mol. The van der Waals surface area contributed by atoms with Crippen LogP contribution in [-0.4, -0.2) is 49.5 Å². The highest BCUT2D eigenvalue weighted by Crippen LogP contribution is 2.55. The van der Waals surface area contributed by atoms with Crippen molar-refractivity contribution in [3.63, 3.8) is 0 Å². The van der Waals surface area contributed by atoms with Crippen molar-refractivity contribution in [2.75, 3.05) is 0 Å². The van der Waals surface area contributed by atoms with E-state index in [1.165, 1.54) is 6.92 Å². The zero-order valence-electron chi connectivity index (χ0n) is 20.3. The number of aliphatic hydroxyl groups excluding tert-OH is 2. The molecular weight excluding hydrogens is 448 g/mol. The Balaban J connectivity index is 1.66. The fraction of sp³-hybridized carbons (Fsp3) is 0.536. The highest BCUT2D eigenvalue weighted by molar-refractivity contribution is 6.33. The Labute approximate surface area is 204 Å². The number of fused-ring (bicyclic) bond motifs is 3. The van der Waals surface area contributed by atoms with E-state index in [-0.39, 0.29) is 28.9 Å². The molecule has 0 spiro atoms. The van der Waals surface area contributed by atoms with Crippen LogP contribution >= 0.6 is 0 Å². The molecule has 0 amide bonds. The van der Waals surface area contributed by atoms with Crippen molar-refractivity contribution in [2.24, 2.45) is 17.8 Å². The lowest BCUT2D eigenvalue weighted by molar-refractivity contribution is -0.167. The molecule has 5 atom stereocenters. The standard InChI is InChI=1S/C28H32O7/c1-12-10-18-24(31)20-13(2)17-9-8-16(11-15-6-4-5-7-15)23(30)21(17)25(32)22(20)27(34)28(18,35)26(33)19(12)14(3)29/h8-9,13,15,18,20,24,30-32,35H,4-7,10-11H2,1-3H3. The van der Waals surface area contributed by atoms with Gasteiger partial charge in [-0.15, -0.1) is 0 Å². The lowest BCUT2D eigenvalue weighted by Crippen LogP contribution is -2.66. The van der Waals surface area contributed by atoms with E-state index in [0.29, 0.717) is 29.0 Å². The summed E-state index contributed by atoms with van der Waals surface area (Å²) in [7, 11) is 0. The summed E-state index contributed by atoms with van der Waals surface area (Å²) < 4.78 is 0. The average Bonchev–Trinajstić information content (AvgIpc) is 3.31. The summed E-state index contributed by atoms with van der Waals surface area (Å²) in [6.07, 6.45) is 3.82. The topological polar surface area (TPSA) is 132 Å². The van der Waals surface area contributed by atoms with Crippen LogP contribution in [0.1, 0.15) is 75.5 Å². The lowest BCUT2D eigenvalue weighted by atomic mass is 9.54. The van der Waals surface area contributed by atoms with Crippen LogP contribution < -0.4 is 0 Å². The van der Waals surface area contributed by atoms with Crippen LogP contribution in [0.25, 0.3) is 5.76 Å². The molecule has 0 bridgehead atoms. The molecule has 4 N–H and O–H groups in total. The summed E-state index contributed by atoms with van der Waals surface area (Å²) in [4.78, 5) is 39.2. The number of hydrogen-bond donors (Lipinski definition) is 4. The van der Waals surface area contributed by atoms with E-state index in [1.54, 1.807) is 13.8 Å². The predicted molar refractivity (Wildman–Crippen MR) is 128 cm³/mol. The monoisotopic (exact) mass is 480 g/mol. The molecule has 35 heavy (non-hydrogen) atoms. The Morgan fingerprint density at radius 1 is 1.11 bits per heavy atom. The van der Waals surface area contributed by atoms with Crippen LogP contribution in [0.4, 0.5) is 0 Å². The van der Waals surface area contributed by atoms with Gasteiger partial charge < -0.3 is 20.4 Å². The highest BCUT2D eigenvalue weighted by atomic mass is 16.3. The molecule has 7 nitrogen and oxygen atoms in total. The SMILES string of the molecule is CC(=O)C1=C(C)CC2C(O)C3C(=C(O)c4c(ccc(CC5CCCC5)c4O)C3C)C(=O)C2(O)C1=O. The maximum absolute atomic E-state index is 13.8. The molecule has 5 rings (SSSR count). The van der Waals surface area contributed by atoms with E-state index in [0.717, 1.165) is 25.7 Å². The predicted octanol–water partition coefficient (Wildman–Crippen LogP) is 3.30. The molecular formula is C28H32O7. The molecule has 0 radical (unpaired) electrons. The van der Waals surface area contributed by atoms with Gasteiger partial charge >= 0.3 is 0 Å². The third-order valence-electron chi connectivity index (χ3n) is 8.92. The van der Waals surface area contributed by atoms with Gasteiger partial charge in [0.05, 0.1) is 17.2 Å². The number of hydrogen-bond acceptors (Lipinski definition) is 7. The van der Waals surface area contributed by atoms with Crippen molar-refractivity contribution in [3.8, 4) is 5.75 Å². The van der Waals surface area contributed by atoms with Gasteiger partial charge in [-0.25, -0.2) is 0 Å². The minimum Gasteiger partial charge on any atom is -0.507 e. The second-order valence-corrected chi connectivity index (χ2v) is 10.9. The van der Waals surface area contributed by atoms with E-state index < -0.39 is 52.6 Å². The van der Waals surface area contributed by atoms with E-state index in [1.807, 2.05) is 12.1 Å². The summed E-state index contributed by atoms with van der Waals surface area (Å²) in [5, 5.41) is 45.4. The van der Waals surface area contributed by atoms with Gasteiger partial charge in [-0.2, -0.15) is 0 Å². The summed E-state index contributed by atoms with van der Waals surface area (Å²) in [6.45, 7) is 4.60. The molecule has 4 aliphatic rings. The number of aromatic hydroxyl groups is 1. The highest BCUT2D eigenvalue weighted by Gasteiger charge is 2.65. The van der Waals surface area contributed by atoms with Crippen LogP contribution in [0.3, 0.4) is 0 Å². The van der Waals surface area contributed by atoms with Gasteiger partial charge in [-0.05, 0) is 49.7 Å². The molecule has 186 valence electrons. The summed E-state index contributed by atoms with van der Waals surface area (Å²) in [5.41, 5.74) is -1.27. The number of Topliss-reactive ketones (excluding diaryl/α,β-unsaturated/α-hetero) is 3. The first-order chi connectivity index (χ1) is 16.5. The molecule has 2 saturated carbocycles. The number of benzene rings is 1. The van der Waals surface area contributed by atoms with Crippen LogP contribution in [0, 0.1) is 17.8 Å². The largest absolute Gasteiger partial charge is 0.507 e. The van der Waals surface area contributed by atoms with Crippen LogP contribution in [0.2, 0.25) is 0 Å². The zero-order chi connectivity index (χ0) is 25.4. The first kappa shape index (κ1) is 23.9. The van der Waals surface area contributed by atoms with Gasteiger partial charge in [0.2, 0.25) is 11.6 Å². The van der Waals surface area contributed by atoms with Crippen molar-refractivity contribution in [3.05, 3.63) is 45.5 Å². The van der Waals surface area contributed by atoms with Gasteiger partial charge in [0.1, 0.15) is 11.5 Å². The molecule has 1 aromatic carbocycles. The fourth-order valence-corrected chi connectivity index (χ4v) is 7.12. The lowest BCUT2D eigenvalue weighted by Gasteiger charge is -2.50. The minimum absolute atomic E-state index is 0.0136. The smallest absolute Gasteiger partial charge is 0.206 e. The van der Waals surface area contributed by atoms with Crippen LogP contribution in [0.15, 0.2) is 28.9 Å². The Morgan fingerprint density at radius 3 is 2.40 bits per heavy atom. The number of carbonyl (C=O) groups is 3. The number of carbonyl (C=O) groups excluding carboxylic acids is 3. The van der Waals surface area contributed by atoms with Gasteiger partial charge in [-0.3, -0.25) is 14.4 Å². The van der Waals surface area contributed by atoms with Crippen molar-refractivity contribution >= 4 is 23.1 Å². The number of aliphatic hydroxyl groups is 3. The van der Waals surface area contributed by atoms with Gasteiger partial charge in [0.15, 0.2) is 11.4 Å². The first-order valence-electron chi connectivity index (χ1n) is 12.5. The Morgan fingerprint density at radius 2 is 1.77 bits per heavy atom. The Bertz CT molecular complexity index is 1220. The number of allylic oxidation sites excluding steroid dienone is 1. The molecule has 0 heterocycles. The van der Waals surface area contributed by atoms with E-state index in [9.17, 15) is 34.8 Å². The molecule has 0 saturated heterocycles. The Hall–Kier alpha value is -2.77. The second kappa shape index (κ2) is 8.14. The molecule has 7 heteroatoms. The molecule has 1 aromatic rings. The van der Waals surface area contributed by atoms with E-state index >= 15 is 0 Å². The number of ketones is 3. The fourth-order valence-electron chi connectivity index (χ4n) is 7.12. The van der Waals surface area contributed by atoms with Gasteiger partial charge in [0.25, 0.3) is 0 Å². The van der Waals surface area contributed by atoms with E-state index in [2.05, 4.69) is 0 Å². The second-order valence-electron chi connectivity index (χ2n) is 10.9. The van der Waals surface area contributed by atoms with Gasteiger partial charge in [-0.1, -0.05) is 50.3 Å². The maximum atomic E-state index is 13.8. The minimum atomic E-state index is -2.64. The van der Waals surface area contributed by atoms with Crippen LogP contribution in [-0.2, 0) is 20.8 Å². The number of phenols is 1. The summed E-state index contributed by atoms with van der Waals surface area (Å²) >= 11 is 0. The number of rotatable bonds is 3. The maximum Gasteiger partial charge on any atom is 0.206 e. The van der Waals surface area contributed by atoms with Crippen molar-refractivity contribution in [1.82, 2.24) is 0 Å². The van der Waals surface area contributed by atoms with Gasteiger partial charge in [0, 0.05) is 17.4 Å². The third kappa shape index (κ3) is 3.21. The Kier molecular flexibility index (Phi) is 5.57. The zero-order valence-corrected chi connectivity index (χ0v) is 20.3.